The average molecular weight is 603 g/mol. The largest absolute Gasteiger partial charge is 0.394 e. The molecule has 13 nitrogen and oxygen atoms in total. The molecule has 1 amide bonds. The van der Waals surface area contributed by atoms with E-state index in [1.165, 1.54) is 21.1 Å². The fourth-order valence-electron chi connectivity index (χ4n) is 4.39. The maximum absolute atomic E-state index is 11.7. The van der Waals surface area contributed by atoms with Gasteiger partial charge in [-0.25, -0.2) is 0 Å². The van der Waals surface area contributed by atoms with Crippen LogP contribution < -0.4 is 10.6 Å². The minimum absolute atomic E-state index is 0.0822. The van der Waals surface area contributed by atoms with Gasteiger partial charge in [-0.05, 0) is 31.6 Å². The summed E-state index contributed by atoms with van der Waals surface area (Å²) in [5, 5.41) is 26.0. The van der Waals surface area contributed by atoms with Crippen LogP contribution in [0.5, 0.6) is 0 Å². The molecule has 0 aromatic rings. The number of methoxy groups -OCH3 is 3. The first kappa shape index (κ1) is 36.3. The van der Waals surface area contributed by atoms with E-state index in [1.54, 1.807) is 14.2 Å². The molecule has 1 rings (SSSR count). The van der Waals surface area contributed by atoms with Crippen LogP contribution in [0.3, 0.4) is 0 Å². The van der Waals surface area contributed by atoms with E-state index in [0.29, 0.717) is 43.9 Å². The molecule has 15 heteroatoms. The van der Waals surface area contributed by atoms with E-state index < -0.39 is 51.6 Å². The predicted molar refractivity (Wildman–Crippen MR) is 148 cm³/mol. The Bertz CT molecular complexity index is 738. The van der Waals surface area contributed by atoms with Crippen molar-refractivity contribution in [3.63, 3.8) is 0 Å². The summed E-state index contributed by atoms with van der Waals surface area (Å²) in [5.74, 6) is -0.112. The number of thiocarbonyl (C=S) groups is 1. The third kappa shape index (κ3) is 13.2. The highest BCUT2D eigenvalue weighted by molar-refractivity contribution is 7.80. The first-order chi connectivity index (χ1) is 18.6. The molecule has 1 saturated heterocycles. The van der Waals surface area contributed by atoms with Crippen molar-refractivity contribution in [2.24, 2.45) is 5.92 Å². The van der Waals surface area contributed by atoms with Crippen LogP contribution in [0.15, 0.2) is 0 Å². The summed E-state index contributed by atoms with van der Waals surface area (Å²) in [7, 11) is 3.35. The van der Waals surface area contributed by atoms with Crippen molar-refractivity contribution in [1.29, 1.82) is 0 Å². The summed E-state index contributed by atoms with van der Waals surface area (Å²) in [4.78, 5) is 12.3. The first-order valence-corrected chi connectivity index (χ1v) is 14.6. The lowest BCUT2D eigenvalue weighted by Crippen LogP contribution is -2.65. The standard InChI is InChI=1S/C24H47N2O11PS/c1-15(13-31-3)11-17(19(32-4)14-36-38(30)34-6)26-20(39)9-7-8-10-35-24-21(25-16(2)28)23(33-5)22(29)18(12-27)37-24/h15,17-19,21-24,27,29,38H,7-14H2,1-6H3,(H,25,28)(H,26,39)/t15-,17?,18-,19+,21-,22+,23-,24-/m1/s1. The van der Waals surface area contributed by atoms with Crippen LogP contribution in [0.25, 0.3) is 0 Å². The summed E-state index contributed by atoms with van der Waals surface area (Å²) in [6, 6.07) is -0.942. The minimum atomic E-state index is -2.58. The molecule has 230 valence electrons. The average Bonchev–Trinajstić information content (AvgIpc) is 2.89. The zero-order valence-electron chi connectivity index (χ0n) is 23.8. The third-order valence-corrected chi connectivity index (χ3v) is 7.37. The van der Waals surface area contributed by atoms with Crippen LogP contribution in [-0.2, 0) is 42.1 Å². The highest BCUT2D eigenvalue weighted by atomic mass is 32.1. The molecule has 1 aliphatic rings. The Labute approximate surface area is 237 Å². The van der Waals surface area contributed by atoms with E-state index in [2.05, 4.69) is 17.6 Å². The number of nitrogens with one attached hydrogen (secondary N) is 2. The molecule has 0 aromatic carbocycles. The molecule has 9 atom stereocenters. The number of amides is 1. The zero-order chi connectivity index (χ0) is 29.4. The molecule has 1 heterocycles. The van der Waals surface area contributed by atoms with Crippen molar-refractivity contribution in [2.45, 2.75) is 82.3 Å². The van der Waals surface area contributed by atoms with E-state index in [-0.39, 0.29) is 24.5 Å². The Kier molecular flexibility index (Phi) is 18.7. The topological polar surface area (TPSA) is 163 Å². The number of hydrogen-bond acceptors (Lipinski definition) is 12. The molecule has 0 bridgehead atoms. The summed E-state index contributed by atoms with van der Waals surface area (Å²) in [6.07, 6.45) is -1.54. The normalized spacial score (nSPS) is 26.4. The summed E-state index contributed by atoms with van der Waals surface area (Å²) < 4.78 is 49.4. The van der Waals surface area contributed by atoms with Gasteiger partial charge in [0.25, 0.3) is 0 Å². The van der Waals surface area contributed by atoms with Crippen molar-refractivity contribution < 1.29 is 52.3 Å². The molecule has 4 N–H and O–H groups in total. The van der Waals surface area contributed by atoms with E-state index in [0.717, 1.165) is 0 Å². The van der Waals surface area contributed by atoms with Crippen LogP contribution in [-0.4, -0.2) is 119 Å². The first-order valence-electron chi connectivity index (χ1n) is 13.0. The lowest BCUT2D eigenvalue weighted by Gasteiger charge is -2.43. The van der Waals surface area contributed by atoms with Gasteiger partial charge in [0.05, 0.1) is 24.2 Å². The molecule has 1 fully saturated rings. The summed E-state index contributed by atoms with van der Waals surface area (Å²) in [5.41, 5.74) is 0. The van der Waals surface area contributed by atoms with Crippen molar-refractivity contribution >= 4 is 31.4 Å². The van der Waals surface area contributed by atoms with Gasteiger partial charge in [-0.2, -0.15) is 0 Å². The Balaban J connectivity index is 2.65. The number of ether oxygens (including phenoxy) is 5. The molecule has 0 aromatic heterocycles. The molecule has 0 radical (unpaired) electrons. The Morgan fingerprint density at radius 2 is 1.90 bits per heavy atom. The maximum Gasteiger partial charge on any atom is 0.318 e. The molecule has 0 aliphatic carbocycles. The number of unbranched alkanes of at least 4 members (excludes halogenated alkanes) is 1. The van der Waals surface area contributed by atoms with Gasteiger partial charge < -0.3 is 53.6 Å². The number of aliphatic hydroxyl groups is 2. The third-order valence-electron chi connectivity index (χ3n) is 6.31. The van der Waals surface area contributed by atoms with E-state index in [4.69, 9.17) is 44.9 Å². The second-order valence-corrected chi connectivity index (χ2v) is 11.2. The lowest BCUT2D eigenvalue weighted by molar-refractivity contribution is -0.273. The molecular weight excluding hydrogens is 555 g/mol. The van der Waals surface area contributed by atoms with Crippen molar-refractivity contribution in [1.82, 2.24) is 10.6 Å². The smallest absolute Gasteiger partial charge is 0.318 e. The van der Waals surface area contributed by atoms with E-state index in [9.17, 15) is 19.6 Å². The van der Waals surface area contributed by atoms with E-state index >= 15 is 0 Å². The fourth-order valence-corrected chi connectivity index (χ4v) is 5.11. The van der Waals surface area contributed by atoms with Crippen LogP contribution in [0.1, 0.15) is 39.5 Å². The van der Waals surface area contributed by atoms with E-state index in [1.807, 2.05) is 0 Å². The number of carbonyl (C=O) groups is 1. The quantitative estimate of drug-likeness (QED) is 0.0880. The minimum Gasteiger partial charge on any atom is -0.394 e. The van der Waals surface area contributed by atoms with Gasteiger partial charge in [0.1, 0.15) is 30.5 Å². The maximum atomic E-state index is 11.7. The number of carbonyl (C=O) groups excluding carboxylic acids is 1. The van der Waals surface area contributed by atoms with Crippen molar-refractivity contribution in [2.75, 3.05) is 54.9 Å². The van der Waals surface area contributed by atoms with Crippen molar-refractivity contribution in [3.05, 3.63) is 0 Å². The molecule has 1 aliphatic heterocycles. The highest BCUT2D eigenvalue weighted by Gasteiger charge is 2.46. The lowest BCUT2D eigenvalue weighted by atomic mass is 9.96. The molecule has 39 heavy (non-hydrogen) atoms. The SMILES string of the molecule is COC[C@H](C)CC(NC(=S)CCCCO[C@@H]1O[C@H](CO)[C@H](O)[C@H](OC)[C@H]1NC(C)=O)[C@H](CO[PH](=O)OC)OC. The number of hydrogen-bond donors (Lipinski definition) is 4. The Hall–Kier alpha value is -0.770. The zero-order valence-corrected chi connectivity index (χ0v) is 25.6. The molecule has 0 spiro atoms. The van der Waals surface area contributed by atoms with Gasteiger partial charge in [0.2, 0.25) is 5.91 Å². The molecule has 2 unspecified atom stereocenters. The number of aliphatic hydroxyl groups excluding tert-OH is 2. The van der Waals surface area contributed by atoms with Crippen LogP contribution >= 0.6 is 20.5 Å². The second-order valence-electron chi connectivity index (χ2n) is 9.48. The van der Waals surface area contributed by atoms with Gasteiger partial charge in [-0.15, -0.1) is 0 Å². The van der Waals surface area contributed by atoms with Gasteiger partial charge in [0, 0.05) is 48.6 Å². The van der Waals surface area contributed by atoms with Gasteiger partial charge >= 0.3 is 8.25 Å². The number of rotatable bonds is 20. The van der Waals surface area contributed by atoms with Gasteiger partial charge in [-0.3, -0.25) is 9.36 Å². The highest BCUT2D eigenvalue weighted by Crippen LogP contribution is 2.25. The molecule has 0 saturated carbocycles. The van der Waals surface area contributed by atoms with Crippen LogP contribution in [0.2, 0.25) is 0 Å². The predicted octanol–water partition coefficient (Wildman–Crippen LogP) is 0.797. The second kappa shape index (κ2) is 20.2. The van der Waals surface area contributed by atoms with Gasteiger partial charge in [0.15, 0.2) is 6.29 Å². The Morgan fingerprint density at radius 1 is 1.18 bits per heavy atom. The van der Waals surface area contributed by atoms with Crippen LogP contribution in [0, 0.1) is 5.92 Å². The van der Waals surface area contributed by atoms with Gasteiger partial charge in [-0.1, -0.05) is 19.1 Å². The summed E-state index contributed by atoms with van der Waals surface area (Å²) >= 11 is 5.59. The monoisotopic (exact) mass is 602 g/mol. The summed E-state index contributed by atoms with van der Waals surface area (Å²) in [6.45, 7) is 3.92. The fraction of sp³-hybridized carbons (Fsp3) is 0.917. The van der Waals surface area contributed by atoms with Crippen molar-refractivity contribution in [3.8, 4) is 0 Å². The Morgan fingerprint density at radius 3 is 2.46 bits per heavy atom. The molecular formula is C24H47N2O11PS. The van der Waals surface area contributed by atoms with Crippen LogP contribution in [0.4, 0.5) is 0 Å².